The molecule has 0 bridgehead atoms. The number of amides is 1. The number of hydrogen-bond acceptors (Lipinski definition) is 3. The lowest BCUT2D eigenvalue weighted by atomic mass is 10.0. The minimum absolute atomic E-state index is 0.00354. The third-order valence-corrected chi connectivity index (χ3v) is 2.58. The van der Waals surface area contributed by atoms with Crippen molar-refractivity contribution in [3.63, 3.8) is 0 Å². The number of hydrazine groups is 1. The number of ether oxygens (including phenoxy) is 1. The normalized spacial score (nSPS) is 13.1. The predicted octanol–water partition coefficient (Wildman–Crippen LogP) is 1.69. The highest BCUT2D eigenvalue weighted by Gasteiger charge is 2.36. The molecule has 0 radical (unpaired) electrons. The van der Waals surface area contributed by atoms with Gasteiger partial charge in [0.2, 0.25) is 5.91 Å². The average molecular weight is 276 g/mol. The Balaban J connectivity index is 2.70. The molecule has 1 unspecified atom stereocenters. The molecule has 1 aromatic rings. The molecule has 1 aromatic carbocycles. The molecule has 0 saturated carbocycles. The van der Waals surface area contributed by atoms with Crippen molar-refractivity contribution in [3.05, 3.63) is 35.4 Å². The Kier molecular flexibility index (Phi) is 5.31. The van der Waals surface area contributed by atoms with Crippen molar-refractivity contribution in [3.8, 4) is 0 Å². The highest BCUT2D eigenvalue weighted by atomic mass is 19.4. The highest BCUT2D eigenvalue weighted by Crippen LogP contribution is 2.23. The van der Waals surface area contributed by atoms with Crippen LogP contribution in [0.4, 0.5) is 13.2 Å². The second-order valence-electron chi connectivity index (χ2n) is 4.01. The molecule has 1 rings (SSSR count). The standard InChI is InChI=1S/C12H15F3N2O2/c1-8(12(13,14)15)19-7-10-5-3-2-4-9(10)6-11(18)17-16/h2-5,8H,6-7,16H2,1H3,(H,17,18). The monoisotopic (exact) mass is 276 g/mol. The molecule has 0 aliphatic heterocycles. The maximum Gasteiger partial charge on any atom is 0.414 e. The minimum Gasteiger partial charge on any atom is -0.364 e. The van der Waals surface area contributed by atoms with Crippen molar-refractivity contribution in [1.29, 1.82) is 0 Å². The third kappa shape index (κ3) is 4.88. The van der Waals surface area contributed by atoms with Crippen LogP contribution in [0.5, 0.6) is 0 Å². The van der Waals surface area contributed by atoms with E-state index in [0.29, 0.717) is 11.1 Å². The molecule has 0 aliphatic carbocycles. The van der Waals surface area contributed by atoms with Crippen LogP contribution >= 0.6 is 0 Å². The van der Waals surface area contributed by atoms with Crippen LogP contribution < -0.4 is 11.3 Å². The second-order valence-corrected chi connectivity index (χ2v) is 4.01. The van der Waals surface area contributed by atoms with Gasteiger partial charge in [0.15, 0.2) is 6.10 Å². The SMILES string of the molecule is CC(OCc1ccccc1CC(=O)NN)C(F)(F)F. The smallest absolute Gasteiger partial charge is 0.364 e. The highest BCUT2D eigenvalue weighted by molar-refractivity contribution is 5.78. The molecule has 0 aliphatic rings. The van der Waals surface area contributed by atoms with Gasteiger partial charge in [0.1, 0.15) is 0 Å². The molecule has 3 N–H and O–H groups in total. The van der Waals surface area contributed by atoms with Crippen LogP contribution in [0.15, 0.2) is 24.3 Å². The van der Waals surface area contributed by atoms with Crippen LogP contribution in [-0.4, -0.2) is 18.2 Å². The van der Waals surface area contributed by atoms with E-state index >= 15 is 0 Å². The molecular weight excluding hydrogens is 261 g/mol. The van der Waals surface area contributed by atoms with Gasteiger partial charge in [0.05, 0.1) is 13.0 Å². The Bertz CT molecular complexity index is 435. The number of hydrogen-bond donors (Lipinski definition) is 2. The van der Waals surface area contributed by atoms with Gasteiger partial charge in [-0.05, 0) is 18.1 Å². The van der Waals surface area contributed by atoms with Crippen molar-refractivity contribution < 1.29 is 22.7 Å². The largest absolute Gasteiger partial charge is 0.414 e. The van der Waals surface area contributed by atoms with Gasteiger partial charge in [-0.25, -0.2) is 5.84 Å². The lowest BCUT2D eigenvalue weighted by Crippen LogP contribution is -2.32. The number of nitrogens with one attached hydrogen (secondary N) is 1. The van der Waals surface area contributed by atoms with Crippen molar-refractivity contribution in [2.75, 3.05) is 0 Å². The van der Waals surface area contributed by atoms with Crippen molar-refractivity contribution >= 4 is 5.91 Å². The van der Waals surface area contributed by atoms with Crippen LogP contribution in [0.25, 0.3) is 0 Å². The van der Waals surface area contributed by atoms with E-state index in [1.165, 1.54) is 0 Å². The van der Waals surface area contributed by atoms with Gasteiger partial charge < -0.3 is 4.74 Å². The van der Waals surface area contributed by atoms with Gasteiger partial charge in [-0.2, -0.15) is 13.2 Å². The first-order chi connectivity index (χ1) is 8.84. The van der Waals surface area contributed by atoms with Crippen LogP contribution in [-0.2, 0) is 22.6 Å². The fraction of sp³-hybridized carbons (Fsp3) is 0.417. The molecule has 19 heavy (non-hydrogen) atoms. The Morgan fingerprint density at radius 3 is 2.47 bits per heavy atom. The van der Waals surface area contributed by atoms with Gasteiger partial charge in [-0.15, -0.1) is 0 Å². The zero-order valence-corrected chi connectivity index (χ0v) is 10.3. The summed E-state index contributed by atoms with van der Waals surface area (Å²) < 4.78 is 41.7. The maximum absolute atomic E-state index is 12.3. The summed E-state index contributed by atoms with van der Waals surface area (Å²) in [5.41, 5.74) is 3.08. The molecule has 1 amide bonds. The van der Waals surface area contributed by atoms with Crippen LogP contribution in [0.1, 0.15) is 18.1 Å². The first-order valence-electron chi connectivity index (χ1n) is 5.59. The summed E-state index contributed by atoms with van der Waals surface area (Å²) in [6, 6.07) is 6.62. The molecule has 0 aromatic heterocycles. The van der Waals surface area contributed by atoms with E-state index in [0.717, 1.165) is 6.92 Å². The first kappa shape index (κ1) is 15.5. The molecule has 4 nitrogen and oxygen atoms in total. The minimum atomic E-state index is -4.40. The third-order valence-electron chi connectivity index (χ3n) is 2.58. The zero-order chi connectivity index (χ0) is 14.5. The molecule has 0 spiro atoms. The number of carbonyl (C=O) groups excluding carboxylic acids is 1. The van der Waals surface area contributed by atoms with Gasteiger partial charge in [-0.1, -0.05) is 24.3 Å². The summed E-state index contributed by atoms with van der Waals surface area (Å²) in [6.45, 7) is 0.726. The van der Waals surface area contributed by atoms with Gasteiger partial charge in [0, 0.05) is 0 Å². The topological polar surface area (TPSA) is 64.3 Å². The predicted molar refractivity (Wildman–Crippen MR) is 62.8 cm³/mol. The number of benzene rings is 1. The molecule has 0 heterocycles. The van der Waals surface area contributed by atoms with E-state index in [-0.39, 0.29) is 13.0 Å². The lowest BCUT2D eigenvalue weighted by molar-refractivity contribution is -0.217. The number of carbonyl (C=O) groups is 1. The average Bonchev–Trinajstić information content (AvgIpc) is 2.36. The van der Waals surface area contributed by atoms with E-state index in [1.807, 2.05) is 5.43 Å². The van der Waals surface area contributed by atoms with E-state index < -0.39 is 18.2 Å². The molecular formula is C12H15F3N2O2. The van der Waals surface area contributed by atoms with Crippen LogP contribution in [0.3, 0.4) is 0 Å². The maximum atomic E-state index is 12.3. The Hall–Kier alpha value is -1.60. The quantitative estimate of drug-likeness (QED) is 0.488. The number of halogens is 3. The summed E-state index contributed by atoms with van der Waals surface area (Å²) in [4.78, 5) is 11.2. The van der Waals surface area contributed by atoms with Gasteiger partial charge in [-0.3, -0.25) is 10.2 Å². The van der Waals surface area contributed by atoms with E-state index in [9.17, 15) is 18.0 Å². The van der Waals surface area contributed by atoms with Crippen LogP contribution in [0, 0.1) is 0 Å². The van der Waals surface area contributed by atoms with E-state index in [1.54, 1.807) is 24.3 Å². The molecule has 0 fully saturated rings. The number of rotatable bonds is 5. The fourth-order valence-electron chi connectivity index (χ4n) is 1.40. The Labute approximate surface area is 108 Å². The fourth-order valence-corrected chi connectivity index (χ4v) is 1.40. The second kappa shape index (κ2) is 6.53. The summed E-state index contributed by atoms with van der Waals surface area (Å²) >= 11 is 0. The summed E-state index contributed by atoms with van der Waals surface area (Å²) in [7, 11) is 0. The van der Waals surface area contributed by atoms with E-state index in [4.69, 9.17) is 10.6 Å². The van der Waals surface area contributed by atoms with Gasteiger partial charge in [0.25, 0.3) is 0 Å². The van der Waals surface area contributed by atoms with Crippen molar-refractivity contribution in [1.82, 2.24) is 5.43 Å². The molecule has 0 saturated heterocycles. The number of nitrogens with two attached hydrogens (primary N) is 1. The molecule has 106 valence electrons. The molecule has 1 atom stereocenters. The summed E-state index contributed by atoms with van der Waals surface area (Å²) in [6.07, 6.45) is -6.26. The summed E-state index contributed by atoms with van der Waals surface area (Å²) in [5.74, 6) is 4.55. The Morgan fingerprint density at radius 2 is 1.95 bits per heavy atom. The van der Waals surface area contributed by atoms with Gasteiger partial charge >= 0.3 is 6.18 Å². The van der Waals surface area contributed by atoms with Crippen molar-refractivity contribution in [2.24, 2.45) is 5.84 Å². The zero-order valence-electron chi connectivity index (χ0n) is 10.3. The van der Waals surface area contributed by atoms with Crippen LogP contribution in [0.2, 0.25) is 0 Å². The number of alkyl halides is 3. The van der Waals surface area contributed by atoms with Crippen molar-refractivity contribution in [2.45, 2.75) is 32.2 Å². The van der Waals surface area contributed by atoms with E-state index in [2.05, 4.69) is 0 Å². The summed E-state index contributed by atoms with van der Waals surface area (Å²) in [5, 5.41) is 0. The first-order valence-corrected chi connectivity index (χ1v) is 5.59. The lowest BCUT2D eigenvalue weighted by Gasteiger charge is -2.17. The molecule has 7 heteroatoms. The Morgan fingerprint density at radius 1 is 1.37 bits per heavy atom.